The summed E-state index contributed by atoms with van der Waals surface area (Å²) in [7, 11) is -4.36. The molecule has 0 saturated heterocycles. The Hall–Kier alpha value is -1.20. The molecular weight excluding hydrogens is 245 g/mol. The number of aliphatic carboxylic acids is 1. The van der Waals surface area contributed by atoms with E-state index in [-0.39, 0.29) is 11.7 Å². The number of fused-ring (bicyclic) bond motifs is 1. The molecule has 1 aromatic rings. The molecule has 1 aliphatic rings. The summed E-state index contributed by atoms with van der Waals surface area (Å²) < 4.78 is 11.3. The number of benzene rings is 1. The third-order valence-electron chi connectivity index (χ3n) is 2.81. The van der Waals surface area contributed by atoms with Crippen LogP contribution in [0.1, 0.15) is 11.1 Å². The summed E-state index contributed by atoms with van der Waals surface area (Å²) in [5.74, 6) is -1.02. The Morgan fingerprint density at radius 1 is 1.41 bits per heavy atom. The fourth-order valence-electron chi connectivity index (χ4n) is 1.98. The van der Waals surface area contributed by atoms with Gasteiger partial charge in [0.15, 0.2) is 0 Å². The monoisotopic (exact) mass is 257 g/mol. The van der Waals surface area contributed by atoms with Crippen LogP contribution in [0.2, 0.25) is 0 Å². The summed E-state index contributed by atoms with van der Waals surface area (Å²) >= 11 is 0. The van der Waals surface area contributed by atoms with Gasteiger partial charge in [-0.25, -0.2) is 0 Å². The maximum atomic E-state index is 11.3. The summed E-state index contributed by atoms with van der Waals surface area (Å²) in [5.41, 5.74) is 1.19. The van der Waals surface area contributed by atoms with Crippen LogP contribution in [-0.2, 0) is 22.3 Å². The first-order valence-corrected chi connectivity index (χ1v) is 6.64. The maximum absolute atomic E-state index is 11.3. The number of carbonyl (C=O) groups is 1. The van der Waals surface area contributed by atoms with E-state index in [9.17, 15) is 19.1 Å². The molecule has 7 heteroatoms. The lowest BCUT2D eigenvalue weighted by Gasteiger charge is -2.25. The van der Waals surface area contributed by atoms with E-state index < -0.39 is 19.6 Å². The zero-order chi connectivity index (χ0) is 12.6. The number of hydrogen-bond acceptors (Lipinski definition) is 3. The average molecular weight is 257 g/mol. The van der Waals surface area contributed by atoms with E-state index in [2.05, 4.69) is 5.32 Å². The highest BCUT2D eigenvalue weighted by atomic mass is 31.2. The molecule has 0 saturated carbocycles. The SMILES string of the molecule is O=C(O)[C@H]1Cc2c(cccc2P(=O)(O)O)CN1. The van der Waals surface area contributed by atoms with Crippen molar-refractivity contribution < 1.29 is 24.3 Å². The fraction of sp³-hybridized carbons (Fsp3) is 0.300. The molecule has 92 valence electrons. The van der Waals surface area contributed by atoms with E-state index in [4.69, 9.17) is 5.11 Å². The van der Waals surface area contributed by atoms with E-state index in [1.807, 2.05) is 0 Å². The number of carboxylic acid groups (broad SMARTS) is 1. The summed E-state index contributed by atoms with van der Waals surface area (Å²) in [5, 5.41) is 11.6. The lowest BCUT2D eigenvalue weighted by molar-refractivity contribution is -0.139. The van der Waals surface area contributed by atoms with Crippen molar-refractivity contribution in [2.75, 3.05) is 0 Å². The normalized spacial score (nSPS) is 19.8. The Kier molecular flexibility index (Phi) is 3.05. The van der Waals surface area contributed by atoms with E-state index in [0.717, 1.165) is 5.56 Å². The van der Waals surface area contributed by atoms with Gasteiger partial charge in [0.1, 0.15) is 6.04 Å². The van der Waals surface area contributed by atoms with Crippen LogP contribution in [0.4, 0.5) is 0 Å². The molecule has 1 aliphatic heterocycles. The van der Waals surface area contributed by atoms with Gasteiger partial charge in [-0.2, -0.15) is 0 Å². The topological polar surface area (TPSA) is 107 Å². The number of rotatable bonds is 2. The van der Waals surface area contributed by atoms with Crippen molar-refractivity contribution >= 4 is 18.9 Å². The van der Waals surface area contributed by atoms with Crippen LogP contribution in [0.15, 0.2) is 18.2 Å². The second kappa shape index (κ2) is 4.23. The first kappa shape index (κ1) is 12.3. The van der Waals surface area contributed by atoms with Gasteiger partial charge in [-0.1, -0.05) is 12.1 Å². The van der Waals surface area contributed by atoms with Crippen molar-refractivity contribution in [3.8, 4) is 0 Å². The maximum Gasteiger partial charge on any atom is 0.356 e. The highest BCUT2D eigenvalue weighted by Crippen LogP contribution is 2.36. The molecule has 1 aromatic carbocycles. The van der Waals surface area contributed by atoms with E-state index in [0.29, 0.717) is 12.1 Å². The molecule has 1 heterocycles. The highest BCUT2D eigenvalue weighted by molar-refractivity contribution is 7.60. The predicted octanol–water partition coefficient (Wildman–Crippen LogP) is -0.412. The van der Waals surface area contributed by atoms with E-state index in [1.165, 1.54) is 6.07 Å². The van der Waals surface area contributed by atoms with Crippen molar-refractivity contribution in [1.82, 2.24) is 5.32 Å². The Balaban J connectivity index is 2.47. The predicted molar refractivity (Wildman–Crippen MR) is 60.1 cm³/mol. The highest BCUT2D eigenvalue weighted by Gasteiger charge is 2.30. The average Bonchev–Trinajstić information content (AvgIpc) is 2.26. The molecule has 0 fully saturated rings. The molecule has 0 unspecified atom stereocenters. The molecule has 0 aliphatic carbocycles. The van der Waals surface area contributed by atoms with Gasteiger partial charge in [-0.15, -0.1) is 0 Å². The lowest BCUT2D eigenvalue weighted by Crippen LogP contribution is -2.43. The minimum Gasteiger partial charge on any atom is -0.480 e. The smallest absolute Gasteiger partial charge is 0.356 e. The Morgan fingerprint density at radius 2 is 2.12 bits per heavy atom. The minimum atomic E-state index is -4.36. The standard InChI is InChI=1S/C10H12NO5P/c12-10(13)8-4-7-6(5-11-8)2-1-3-9(7)17(14,15)16/h1-3,8,11H,4-5H2,(H,12,13)(H2,14,15,16)/t8-/m1/s1. The van der Waals surface area contributed by atoms with Crippen LogP contribution in [0, 0.1) is 0 Å². The van der Waals surface area contributed by atoms with E-state index in [1.54, 1.807) is 12.1 Å². The van der Waals surface area contributed by atoms with Crippen molar-refractivity contribution in [3.63, 3.8) is 0 Å². The first-order chi connectivity index (χ1) is 7.89. The molecule has 0 radical (unpaired) electrons. The van der Waals surface area contributed by atoms with Gasteiger partial charge in [0, 0.05) is 6.54 Å². The lowest BCUT2D eigenvalue weighted by atomic mass is 9.96. The molecule has 17 heavy (non-hydrogen) atoms. The van der Waals surface area contributed by atoms with Gasteiger partial charge in [-0.05, 0) is 23.6 Å². The van der Waals surface area contributed by atoms with Gasteiger partial charge < -0.3 is 20.2 Å². The van der Waals surface area contributed by atoms with Crippen LogP contribution in [0.5, 0.6) is 0 Å². The molecule has 0 amide bonds. The molecule has 0 bridgehead atoms. The Bertz CT molecular complexity index is 509. The number of carboxylic acids is 1. The fourth-order valence-corrected chi connectivity index (χ4v) is 2.85. The summed E-state index contributed by atoms with van der Waals surface area (Å²) in [6, 6.07) is 3.86. The third-order valence-corrected chi connectivity index (χ3v) is 3.85. The molecule has 4 N–H and O–H groups in total. The summed E-state index contributed by atoms with van der Waals surface area (Å²) in [4.78, 5) is 29.3. The second-order valence-corrected chi connectivity index (χ2v) is 5.50. The van der Waals surface area contributed by atoms with Crippen LogP contribution in [0.25, 0.3) is 0 Å². The molecule has 0 spiro atoms. The molecular formula is C10H12NO5P. The number of hydrogen-bond donors (Lipinski definition) is 4. The zero-order valence-electron chi connectivity index (χ0n) is 8.83. The first-order valence-electron chi connectivity index (χ1n) is 5.02. The summed E-state index contributed by atoms with van der Waals surface area (Å²) in [6.45, 7) is 0.306. The second-order valence-electron chi connectivity index (χ2n) is 3.93. The van der Waals surface area contributed by atoms with Crippen molar-refractivity contribution in [3.05, 3.63) is 29.3 Å². The number of nitrogens with one attached hydrogen (secondary N) is 1. The minimum absolute atomic E-state index is 0.0669. The van der Waals surface area contributed by atoms with Crippen molar-refractivity contribution in [2.45, 2.75) is 19.0 Å². The third kappa shape index (κ3) is 2.40. The Labute approximate surface area is 97.4 Å². The van der Waals surface area contributed by atoms with Crippen LogP contribution < -0.4 is 10.6 Å². The van der Waals surface area contributed by atoms with Gasteiger partial charge in [0.25, 0.3) is 0 Å². The zero-order valence-corrected chi connectivity index (χ0v) is 9.72. The van der Waals surface area contributed by atoms with Crippen LogP contribution >= 0.6 is 7.60 Å². The van der Waals surface area contributed by atoms with Crippen LogP contribution in [0.3, 0.4) is 0 Å². The molecule has 2 rings (SSSR count). The van der Waals surface area contributed by atoms with Gasteiger partial charge >= 0.3 is 13.6 Å². The van der Waals surface area contributed by atoms with Crippen molar-refractivity contribution in [1.29, 1.82) is 0 Å². The molecule has 0 aromatic heterocycles. The largest absolute Gasteiger partial charge is 0.480 e. The van der Waals surface area contributed by atoms with Gasteiger partial charge in [0.05, 0.1) is 5.30 Å². The van der Waals surface area contributed by atoms with Gasteiger partial charge in [0.2, 0.25) is 0 Å². The quantitative estimate of drug-likeness (QED) is 0.536. The molecule has 1 atom stereocenters. The van der Waals surface area contributed by atoms with Crippen molar-refractivity contribution in [2.24, 2.45) is 0 Å². The Morgan fingerprint density at radius 3 is 2.71 bits per heavy atom. The molecule has 6 nitrogen and oxygen atoms in total. The summed E-state index contributed by atoms with van der Waals surface area (Å²) in [6.07, 6.45) is 0.0892. The van der Waals surface area contributed by atoms with Gasteiger partial charge in [-0.3, -0.25) is 9.36 Å². The van der Waals surface area contributed by atoms with Crippen LogP contribution in [-0.4, -0.2) is 26.9 Å². The van der Waals surface area contributed by atoms with E-state index >= 15 is 0 Å².